The fourth-order valence-corrected chi connectivity index (χ4v) is 2.27. The molecule has 0 fully saturated rings. The molecule has 0 amide bonds. The van der Waals surface area contributed by atoms with Gasteiger partial charge in [-0.1, -0.05) is 36.4 Å². The lowest BCUT2D eigenvalue weighted by Gasteiger charge is -2.09. The largest absolute Gasteiger partial charge is 0.384 e. The van der Waals surface area contributed by atoms with Crippen LogP contribution in [0.2, 0.25) is 0 Å². The zero-order chi connectivity index (χ0) is 15.4. The maximum absolute atomic E-state index is 5.83. The summed E-state index contributed by atoms with van der Waals surface area (Å²) < 4.78 is 0. The first-order chi connectivity index (χ1) is 10.7. The molecule has 0 bridgehead atoms. The van der Waals surface area contributed by atoms with E-state index in [4.69, 9.17) is 11.5 Å². The number of nitrogens with two attached hydrogens (primary N) is 2. The maximum Gasteiger partial charge on any atom is 0.126 e. The number of benzene rings is 1. The lowest BCUT2D eigenvalue weighted by atomic mass is 10.00. The highest BCUT2D eigenvalue weighted by molar-refractivity contribution is 5.91. The van der Waals surface area contributed by atoms with Gasteiger partial charge in [0.2, 0.25) is 0 Å². The minimum absolute atomic E-state index is 0.393. The van der Waals surface area contributed by atoms with Crippen LogP contribution in [-0.4, -0.2) is 9.97 Å². The summed E-state index contributed by atoms with van der Waals surface area (Å²) in [5.41, 5.74) is 15.4. The molecule has 0 radical (unpaired) electrons. The maximum atomic E-state index is 5.83. The van der Waals surface area contributed by atoms with Crippen LogP contribution in [0.1, 0.15) is 16.8 Å². The summed E-state index contributed by atoms with van der Waals surface area (Å²) in [5, 5.41) is 0. The zero-order valence-corrected chi connectivity index (χ0v) is 12.0. The van der Waals surface area contributed by atoms with E-state index in [-0.39, 0.29) is 0 Å². The van der Waals surface area contributed by atoms with Gasteiger partial charge >= 0.3 is 0 Å². The van der Waals surface area contributed by atoms with Crippen LogP contribution in [0.5, 0.6) is 0 Å². The first-order valence-electron chi connectivity index (χ1n) is 6.94. The number of hydrogen-bond acceptors (Lipinski definition) is 4. The van der Waals surface area contributed by atoms with E-state index in [0.717, 1.165) is 22.4 Å². The molecular weight excluding hydrogens is 272 g/mol. The highest BCUT2D eigenvalue weighted by Gasteiger charge is 2.09. The summed E-state index contributed by atoms with van der Waals surface area (Å²) in [6.45, 7) is 0. The molecule has 0 atom stereocenters. The molecule has 4 heteroatoms. The molecular formula is C18H16N4. The monoisotopic (exact) mass is 288 g/mol. The van der Waals surface area contributed by atoms with Gasteiger partial charge in [0.25, 0.3) is 0 Å². The van der Waals surface area contributed by atoms with Crippen molar-refractivity contribution in [1.29, 1.82) is 0 Å². The fourth-order valence-electron chi connectivity index (χ4n) is 2.27. The minimum Gasteiger partial charge on any atom is -0.384 e. The Kier molecular flexibility index (Phi) is 3.83. The minimum atomic E-state index is 0.393. The van der Waals surface area contributed by atoms with Gasteiger partial charge in [-0.15, -0.1) is 0 Å². The van der Waals surface area contributed by atoms with Crippen molar-refractivity contribution in [2.45, 2.75) is 0 Å². The Balaban J connectivity index is 2.17. The van der Waals surface area contributed by atoms with E-state index in [0.29, 0.717) is 11.6 Å². The van der Waals surface area contributed by atoms with Crippen LogP contribution < -0.4 is 11.5 Å². The topological polar surface area (TPSA) is 77.8 Å². The van der Waals surface area contributed by atoms with Crippen LogP contribution in [0, 0.1) is 0 Å². The van der Waals surface area contributed by atoms with Gasteiger partial charge in [-0.2, -0.15) is 0 Å². The van der Waals surface area contributed by atoms with Gasteiger partial charge in [-0.3, -0.25) is 4.98 Å². The molecule has 0 aliphatic rings. The standard InChI is InChI=1S/C18H16N4/c19-17-11-14(12-18(20)22-17)15(16-8-4-5-9-21-16)10-13-6-2-1-3-7-13/h1-12H,(H4,19,20,22). The molecule has 0 spiro atoms. The van der Waals surface area contributed by atoms with Gasteiger partial charge in [-0.05, 0) is 41.5 Å². The van der Waals surface area contributed by atoms with E-state index in [9.17, 15) is 0 Å². The van der Waals surface area contributed by atoms with Crippen molar-refractivity contribution in [3.8, 4) is 0 Å². The lowest BCUT2D eigenvalue weighted by molar-refractivity contribution is 1.27. The van der Waals surface area contributed by atoms with Gasteiger partial charge in [0, 0.05) is 11.8 Å². The second kappa shape index (κ2) is 6.10. The molecule has 1 aromatic carbocycles. The molecule has 22 heavy (non-hydrogen) atoms. The summed E-state index contributed by atoms with van der Waals surface area (Å²) in [7, 11) is 0. The van der Waals surface area contributed by atoms with Gasteiger partial charge in [0.15, 0.2) is 0 Å². The average Bonchev–Trinajstić information content (AvgIpc) is 2.53. The molecule has 0 aliphatic heterocycles. The van der Waals surface area contributed by atoms with Crippen LogP contribution in [0.4, 0.5) is 11.6 Å². The predicted octanol–water partition coefficient (Wildman–Crippen LogP) is 3.23. The van der Waals surface area contributed by atoms with Crippen LogP contribution in [0.3, 0.4) is 0 Å². The lowest BCUT2D eigenvalue weighted by Crippen LogP contribution is -1.99. The molecule has 0 saturated carbocycles. The van der Waals surface area contributed by atoms with Crippen molar-refractivity contribution < 1.29 is 0 Å². The van der Waals surface area contributed by atoms with Crippen molar-refractivity contribution in [2.24, 2.45) is 0 Å². The number of aromatic nitrogens is 2. The highest BCUT2D eigenvalue weighted by Crippen LogP contribution is 2.26. The summed E-state index contributed by atoms with van der Waals surface area (Å²) in [4.78, 5) is 8.47. The number of nitrogen functional groups attached to an aromatic ring is 2. The molecule has 0 unspecified atom stereocenters. The Hall–Kier alpha value is -3.14. The van der Waals surface area contributed by atoms with Gasteiger partial charge in [-0.25, -0.2) is 4.98 Å². The summed E-state index contributed by atoms with van der Waals surface area (Å²) in [6, 6.07) is 19.5. The van der Waals surface area contributed by atoms with E-state index >= 15 is 0 Å². The van der Waals surface area contributed by atoms with E-state index in [2.05, 4.69) is 16.0 Å². The second-order valence-corrected chi connectivity index (χ2v) is 4.89. The molecule has 108 valence electrons. The zero-order valence-electron chi connectivity index (χ0n) is 12.0. The molecule has 0 saturated heterocycles. The number of nitrogens with zero attached hydrogens (tertiary/aromatic N) is 2. The predicted molar refractivity (Wildman–Crippen MR) is 90.7 cm³/mol. The van der Waals surface area contributed by atoms with E-state index in [1.165, 1.54) is 0 Å². The molecule has 2 aromatic heterocycles. The molecule has 0 aliphatic carbocycles. The molecule has 2 heterocycles. The SMILES string of the molecule is Nc1cc(C(=Cc2ccccc2)c2ccccn2)cc(N)n1. The van der Waals surface area contributed by atoms with Crippen molar-refractivity contribution in [3.63, 3.8) is 0 Å². The molecule has 3 rings (SSSR count). The van der Waals surface area contributed by atoms with Crippen molar-refractivity contribution in [1.82, 2.24) is 9.97 Å². The third-order valence-corrected chi connectivity index (χ3v) is 3.23. The summed E-state index contributed by atoms with van der Waals surface area (Å²) in [6.07, 6.45) is 3.83. The Bertz CT molecular complexity index is 776. The quantitative estimate of drug-likeness (QED) is 0.775. The second-order valence-electron chi connectivity index (χ2n) is 4.89. The number of anilines is 2. The third kappa shape index (κ3) is 3.12. The van der Waals surface area contributed by atoms with E-state index < -0.39 is 0 Å². The van der Waals surface area contributed by atoms with Crippen molar-refractivity contribution in [2.75, 3.05) is 11.5 Å². The van der Waals surface area contributed by atoms with Crippen LogP contribution in [0.15, 0.2) is 66.9 Å². The van der Waals surface area contributed by atoms with E-state index in [1.54, 1.807) is 18.3 Å². The van der Waals surface area contributed by atoms with Gasteiger partial charge in [0.05, 0.1) is 5.69 Å². The molecule has 3 aromatic rings. The first-order valence-corrected chi connectivity index (χ1v) is 6.94. The fraction of sp³-hybridized carbons (Fsp3) is 0. The van der Waals surface area contributed by atoms with Crippen molar-refractivity contribution >= 4 is 23.3 Å². The van der Waals surface area contributed by atoms with Crippen LogP contribution >= 0.6 is 0 Å². The summed E-state index contributed by atoms with van der Waals surface area (Å²) >= 11 is 0. The Morgan fingerprint density at radius 2 is 1.55 bits per heavy atom. The van der Waals surface area contributed by atoms with Crippen molar-refractivity contribution in [3.05, 3.63) is 83.7 Å². The van der Waals surface area contributed by atoms with Crippen LogP contribution in [0.25, 0.3) is 11.6 Å². The molecule has 4 nitrogen and oxygen atoms in total. The third-order valence-electron chi connectivity index (χ3n) is 3.23. The van der Waals surface area contributed by atoms with Crippen LogP contribution in [-0.2, 0) is 0 Å². The summed E-state index contributed by atoms with van der Waals surface area (Å²) in [5.74, 6) is 0.787. The normalized spacial score (nSPS) is 11.4. The van der Waals surface area contributed by atoms with Gasteiger partial charge in [0.1, 0.15) is 11.6 Å². The number of rotatable bonds is 3. The van der Waals surface area contributed by atoms with E-state index in [1.807, 2.05) is 48.5 Å². The number of hydrogen-bond donors (Lipinski definition) is 2. The Morgan fingerprint density at radius 3 is 2.18 bits per heavy atom. The number of pyridine rings is 2. The Labute approximate surface area is 129 Å². The average molecular weight is 288 g/mol. The Morgan fingerprint density at radius 1 is 0.864 bits per heavy atom. The van der Waals surface area contributed by atoms with Gasteiger partial charge < -0.3 is 11.5 Å². The molecule has 4 N–H and O–H groups in total. The smallest absolute Gasteiger partial charge is 0.126 e. The first kappa shape index (κ1) is 13.8. The highest BCUT2D eigenvalue weighted by atomic mass is 14.9.